The Balaban J connectivity index is 2.20. The topological polar surface area (TPSA) is 101 Å². The van der Waals surface area contributed by atoms with E-state index in [1.165, 1.54) is 17.7 Å². The molecule has 2 aromatic heterocycles. The van der Waals surface area contributed by atoms with Gasteiger partial charge in [0.05, 0.1) is 33.8 Å². The molecule has 0 fully saturated rings. The lowest BCUT2D eigenvalue weighted by molar-refractivity contribution is -0.385. The summed E-state index contributed by atoms with van der Waals surface area (Å²) in [7, 11) is 3.00. The number of para-hydroxylation sites is 2. The molecule has 0 atom stereocenters. The van der Waals surface area contributed by atoms with Crippen molar-refractivity contribution in [1.82, 2.24) is 13.7 Å². The maximum Gasteiger partial charge on any atom is 0.330 e. The molecule has 0 aliphatic heterocycles. The van der Waals surface area contributed by atoms with Crippen molar-refractivity contribution in [3.05, 3.63) is 85.2 Å². The van der Waals surface area contributed by atoms with E-state index in [-0.39, 0.29) is 5.69 Å². The molecule has 2 heterocycles. The van der Waals surface area contributed by atoms with E-state index < -0.39 is 16.2 Å². The average molecular weight is 434 g/mol. The number of rotatable bonds is 5. The summed E-state index contributed by atoms with van der Waals surface area (Å²) in [5, 5.41) is 11.9. The van der Waals surface area contributed by atoms with Crippen molar-refractivity contribution in [2.24, 2.45) is 14.1 Å². The first-order chi connectivity index (χ1) is 15.3. The summed E-state index contributed by atoms with van der Waals surface area (Å²) in [6.45, 7) is 3.96. The molecule has 0 saturated heterocycles. The Kier molecular flexibility index (Phi) is 5.17. The molecule has 9 heteroatoms. The fraction of sp³-hybridized carbons (Fsp3) is 0.217. The fourth-order valence-electron chi connectivity index (χ4n) is 3.90. The van der Waals surface area contributed by atoms with E-state index >= 15 is 0 Å². The van der Waals surface area contributed by atoms with Crippen molar-refractivity contribution in [3.63, 3.8) is 0 Å². The van der Waals surface area contributed by atoms with Gasteiger partial charge < -0.3 is 9.30 Å². The fourth-order valence-corrected chi connectivity index (χ4v) is 3.90. The van der Waals surface area contributed by atoms with Gasteiger partial charge in [-0.2, -0.15) is 0 Å². The molecule has 0 bridgehead atoms. The Morgan fingerprint density at radius 2 is 1.78 bits per heavy atom. The van der Waals surface area contributed by atoms with Gasteiger partial charge in [-0.3, -0.25) is 24.0 Å². The third kappa shape index (κ3) is 3.18. The smallest absolute Gasteiger partial charge is 0.330 e. The molecule has 0 aliphatic carbocycles. The van der Waals surface area contributed by atoms with Crippen LogP contribution in [0.5, 0.6) is 5.75 Å². The van der Waals surface area contributed by atoms with E-state index in [4.69, 9.17) is 4.74 Å². The summed E-state index contributed by atoms with van der Waals surface area (Å²) >= 11 is 0. The zero-order chi connectivity index (χ0) is 23.2. The number of fused-ring (bicyclic) bond motifs is 1. The molecule has 2 aromatic carbocycles. The minimum Gasteiger partial charge on any atom is -0.492 e. The Bertz CT molecular complexity index is 1490. The van der Waals surface area contributed by atoms with Crippen LogP contribution >= 0.6 is 0 Å². The Morgan fingerprint density at radius 3 is 2.47 bits per heavy atom. The molecule has 0 amide bonds. The summed E-state index contributed by atoms with van der Waals surface area (Å²) in [5.41, 5.74) is 1.53. The third-order valence-corrected chi connectivity index (χ3v) is 5.54. The minimum absolute atomic E-state index is 0.0527. The molecule has 0 unspecified atom stereocenters. The van der Waals surface area contributed by atoms with Gasteiger partial charge in [0.25, 0.3) is 11.2 Å². The molecule has 164 valence electrons. The Labute approximate surface area is 182 Å². The Hall–Kier alpha value is -4.14. The van der Waals surface area contributed by atoms with Crippen molar-refractivity contribution in [2.45, 2.75) is 13.8 Å². The average Bonchev–Trinajstić information content (AvgIpc) is 3.17. The molecule has 32 heavy (non-hydrogen) atoms. The predicted octanol–water partition coefficient (Wildman–Crippen LogP) is 3.31. The van der Waals surface area contributed by atoms with E-state index in [1.54, 1.807) is 36.9 Å². The lowest BCUT2D eigenvalue weighted by Gasteiger charge is -2.14. The van der Waals surface area contributed by atoms with Crippen LogP contribution < -0.4 is 16.0 Å². The van der Waals surface area contributed by atoms with Gasteiger partial charge in [-0.25, -0.2) is 4.79 Å². The highest BCUT2D eigenvalue weighted by Crippen LogP contribution is 2.36. The molecule has 0 N–H and O–H groups in total. The number of hydrogen-bond donors (Lipinski definition) is 0. The van der Waals surface area contributed by atoms with Gasteiger partial charge in [0.1, 0.15) is 5.75 Å². The quantitative estimate of drug-likeness (QED) is 0.354. The molecule has 9 nitrogen and oxygen atoms in total. The van der Waals surface area contributed by atoms with E-state index in [2.05, 4.69) is 0 Å². The number of nitrogens with zero attached hydrogens (tertiary/aromatic N) is 4. The lowest BCUT2D eigenvalue weighted by atomic mass is 10.1. The van der Waals surface area contributed by atoms with Crippen LogP contribution in [0.2, 0.25) is 0 Å². The van der Waals surface area contributed by atoms with Crippen LogP contribution in [0.1, 0.15) is 12.5 Å². The van der Waals surface area contributed by atoms with Crippen molar-refractivity contribution in [2.75, 3.05) is 6.61 Å². The van der Waals surface area contributed by atoms with Crippen molar-refractivity contribution in [3.8, 4) is 22.7 Å². The number of nitro groups is 1. The number of ether oxygens (including phenoxy) is 1. The van der Waals surface area contributed by atoms with Crippen molar-refractivity contribution < 1.29 is 9.66 Å². The standard InChI is InChI=1S/C23H22N4O5/c1-5-32-19-9-7-6-8-16(19)26-13-18-20(22(28)25(4)23(29)24(18)3)21(26)15-11-10-14(2)17(12-15)27(30)31/h6-13H,5H2,1-4H3. The van der Waals surface area contributed by atoms with Crippen LogP contribution in [0, 0.1) is 17.0 Å². The number of benzene rings is 2. The maximum atomic E-state index is 13.2. The van der Waals surface area contributed by atoms with Gasteiger partial charge in [-0.15, -0.1) is 0 Å². The second-order valence-corrected chi connectivity index (χ2v) is 7.47. The second kappa shape index (κ2) is 7.84. The van der Waals surface area contributed by atoms with Crippen LogP contribution in [0.4, 0.5) is 5.69 Å². The highest BCUT2D eigenvalue weighted by molar-refractivity contribution is 5.95. The molecule has 4 rings (SSSR count). The number of aromatic nitrogens is 3. The SMILES string of the molecule is CCOc1ccccc1-n1cc2c(c1-c1ccc(C)c([N+](=O)[O-])c1)c(=O)n(C)c(=O)n2C. The van der Waals surface area contributed by atoms with E-state index in [1.807, 2.05) is 31.2 Å². The van der Waals surface area contributed by atoms with Crippen LogP contribution in [-0.4, -0.2) is 25.2 Å². The van der Waals surface area contributed by atoms with Crippen LogP contribution in [0.25, 0.3) is 27.8 Å². The molecule has 4 aromatic rings. The van der Waals surface area contributed by atoms with Crippen LogP contribution in [-0.2, 0) is 14.1 Å². The first kappa shape index (κ1) is 21.1. The summed E-state index contributed by atoms with van der Waals surface area (Å²) in [5.74, 6) is 0.583. The maximum absolute atomic E-state index is 13.2. The lowest BCUT2D eigenvalue weighted by Crippen LogP contribution is -2.36. The molecule has 0 saturated carbocycles. The van der Waals surface area contributed by atoms with Crippen LogP contribution in [0.3, 0.4) is 0 Å². The zero-order valence-electron chi connectivity index (χ0n) is 18.2. The monoisotopic (exact) mass is 434 g/mol. The van der Waals surface area contributed by atoms with Crippen molar-refractivity contribution in [1.29, 1.82) is 0 Å². The normalized spacial score (nSPS) is 11.1. The third-order valence-electron chi connectivity index (χ3n) is 5.54. The van der Waals surface area contributed by atoms with Crippen molar-refractivity contribution >= 4 is 16.6 Å². The number of nitro benzene ring substituents is 1. The second-order valence-electron chi connectivity index (χ2n) is 7.47. The van der Waals surface area contributed by atoms with Gasteiger partial charge in [-0.05, 0) is 26.0 Å². The molecular formula is C23H22N4O5. The van der Waals surface area contributed by atoms with Gasteiger partial charge in [0.2, 0.25) is 0 Å². The highest BCUT2D eigenvalue weighted by Gasteiger charge is 2.23. The minimum atomic E-state index is -0.478. The van der Waals surface area contributed by atoms with E-state index in [0.29, 0.717) is 45.8 Å². The Morgan fingerprint density at radius 1 is 1.06 bits per heavy atom. The van der Waals surface area contributed by atoms with E-state index in [0.717, 1.165) is 4.57 Å². The largest absolute Gasteiger partial charge is 0.492 e. The molecule has 0 aliphatic rings. The first-order valence-corrected chi connectivity index (χ1v) is 10.0. The highest BCUT2D eigenvalue weighted by atomic mass is 16.6. The molecule has 0 spiro atoms. The van der Waals surface area contributed by atoms with E-state index in [9.17, 15) is 19.7 Å². The predicted molar refractivity (Wildman–Crippen MR) is 122 cm³/mol. The summed E-state index contributed by atoms with van der Waals surface area (Å²) in [6.07, 6.45) is 1.69. The number of aryl methyl sites for hydroxylation is 2. The van der Waals surface area contributed by atoms with Gasteiger partial charge in [0, 0.05) is 37.5 Å². The summed E-state index contributed by atoms with van der Waals surface area (Å²) in [6, 6.07) is 12.2. The zero-order valence-corrected chi connectivity index (χ0v) is 18.2. The molecular weight excluding hydrogens is 412 g/mol. The summed E-state index contributed by atoms with van der Waals surface area (Å²) in [4.78, 5) is 36.9. The molecule has 0 radical (unpaired) electrons. The first-order valence-electron chi connectivity index (χ1n) is 10.0. The summed E-state index contributed by atoms with van der Waals surface area (Å²) < 4.78 is 9.97. The van der Waals surface area contributed by atoms with Gasteiger partial charge in [-0.1, -0.05) is 24.3 Å². The van der Waals surface area contributed by atoms with Gasteiger partial charge >= 0.3 is 5.69 Å². The number of hydrogen-bond acceptors (Lipinski definition) is 5. The van der Waals surface area contributed by atoms with Gasteiger partial charge in [0.15, 0.2) is 0 Å². The van der Waals surface area contributed by atoms with Crippen LogP contribution in [0.15, 0.2) is 58.3 Å².